The highest BCUT2D eigenvalue weighted by Crippen LogP contribution is 2.23. The zero-order chi connectivity index (χ0) is 13.1. The van der Waals surface area contributed by atoms with Crippen molar-refractivity contribution in [2.75, 3.05) is 7.05 Å². The van der Waals surface area contributed by atoms with Crippen molar-refractivity contribution in [2.24, 2.45) is 0 Å². The molecule has 1 N–H and O–H groups in total. The summed E-state index contributed by atoms with van der Waals surface area (Å²) < 4.78 is 2.04. The smallest absolute Gasteiger partial charge is 0.0746 e. The predicted molar refractivity (Wildman–Crippen MR) is 74.7 cm³/mol. The first kappa shape index (κ1) is 12.8. The Kier molecular flexibility index (Phi) is 3.82. The molecule has 3 nitrogen and oxygen atoms in total. The summed E-state index contributed by atoms with van der Waals surface area (Å²) in [6.45, 7) is 7.29. The third-order valence-corrected chi connectivity index (χ3v) is 3.21. The minimum atomic E-state index is 0.200. The van der Waals surface area contributed by atoms with E-state index in [9.17, 15) is 0 Å². The minimum absolute atomic E-state index is 0.200. The van der Waals surface area contributed by atoms with E-state index in [2.05, 4.69) is 55.5 Å². The Morgan fingerprint density at radius 3 is 2.44 bits per heavy atom. The van der Waals surface area contributed by atoms with Crippen LogP contribution in [0.4, 0.5) is 0 Å². The number of nitrogens with one attached hydrogen (secondary N) is 1. The van der Waals surface area contributed by atoms with Crippen LogP contribution in [0.2, 0.25) is 0 Å². The molecule has 0 aliphatic carbocycles. The van der Waals surface area contributed by atoms with Crippen molar-refractivity contribution >= 4 is 0 Å². The quantitative estimate of drug-likeness (QED) is 0.895. The van der Waals surface area contributed by atoms with E-state index in [4.69, 9.17) is 0 Å². The van der Waals surface area contributed by atoms with Gasteiger partial charge in [-0.1, -0.05) is 29.3 Å². The van der Waals surface area contributed by atoms with Crippen molar-refractivity contribution in [3.63, 3.8) is 0 Å². The fourth-order valence-corrected chi connectivity index (χ4v) is 2.51. The molecule has 1 aromatic carbocycles. The molecule has 0 fully saturated rings. The van der Waals surface area contributed by atoms with Crippen molar-refractivity contribution < 1.29 is 0 Å². The van der Waals surface area contributed by atoms with Crippen LogP contribution in [0.3, 0.4) is 0 Å². The highest BCUT2D eigenvalue weighted by Gasteiger charge is 2.16. The number of rotatable bonds is 4. The number of benzene rings is 1. The van der Waals surface area contributed by atoms with Gasteiger partial charge in [0.15, 0.2) is 0 Å². The van der Waals surface area contributed by atoms with E-state index in [1.165, 1.54) is 22.4 Å². The molecule has 2 rings (SSSR count). The maximum atomic E-state index is 4.35. The molecule has 0 spiro atoms. The van der Waals surface area contributed by atoms with E-state index in [1.807, 2.05) is 17.9 Å². The van der Waals surface area contributed by atoms with Crippen LogP contribution >= 0.6 is 0 Å². The van der Waals surface area contributed by atoms with E-state index in [0.717, 1.165) is 6.54 Å². The Balaban J connectivity index is 2.45. The first-order valence-electron chi connectivity index (χ1n) is 6.43. The highest BCUT2D eigenvalue weighted by molar-refractivity contribution is 5.34. The molecule has 0 saturated carbocycles. The van der Waals surface area contributed by atoms with E-state index >= 15 is 0 Å². The highest BCUT2D eigenvalue weighted by atomic mass is 15.3. The predicted octanol–water partition coefficient (Wildman–Crippen LogP) is 2.83. The van der Waals surface area contributed by atoms with E-state index in [-0.39, 0.29) is 6.04 Å². The van der Waals surface area contributed by atoms with E-state index in [1.54, 1.807) is 0 Å². The van der Waals surface area contributed by atoms with Gasteiger partial charge in [-0.05, 0) is 39.4 Å². The molecule has 2 aromatic rings. The monoisotopic (exact) mass is 243 g/mol. The lowest BCUT2D eigenvalue weighted by molar-refractivity contribution is 0.563. The van der Waals surface area contributed by atoms with Crippen molar-refractivity contribution in [3.05, 3.63) is 52.8 Å². The van der Waals surface area contributed by atoms with Crippen molar-refractivity contribution in [2.45, 2.75) is 33.4 Å². The largest absolute Gasteiger partial charge is 0.308 e. The van der Waals surface area contributed by atoms with Gasteiger partial charge in [0.2, 0.25) is 0 Å². The molecule has 0 aliphatic heterocycles. The number of hydrogen-bond donors (Lipinski definition) is 1. The number of aromatic nitrogens is 2. The van der Waals surface area contributed by atoms with Crippen LogP contribution in [0.5, 0.6) is 0 Å². The van der Waals surface area contributed by atoms with Crippen LogP contribution in [0.1, 0.15) is 35.3 Å². The van der Waals surface area contributed by atoms with Gasteiger partial charge in [-0.2, -0.15) is 5.10 Å². The van der Waals surface area contributed by atoms with Crippen molar-refractivity contribution in [1.82, 2.24) is 15.1 Å². The summed E-state index contributed by atoms with van der Waals surface area (Å²) in [4.78, 5) is 0. The van der Waals surface area contributed by atoms with Gasteiger partial charge >= 0.3 is 0 Å². The summed E-state index contributed by atoms with van der Waals surface area (Å²) in [5, 5.41) is 7.74. The van der Waals surface area contributed by atoms with Gasteiger partial charge in [-0.25, -0.2) is 0 Å². The van der Waals surface area contributed by atoms with Crippen LogP contribution in [0.25, 0.3) is 0 Å². The molecule has 1 unspecified atom stereocenters. The molecule has 96 valence electrons. The molecule has 1 heterocycles. The van der Waals surface area contributed by atoms with Crippen LogP contribution < -0.4 is 5.32 Å². The lowest BCUT2D eigenvalue weighted by atomic mass is 9.99. The molecule has 1 aromatic heterocycles. The molecule has 0 aliphatic rings. The van der Waals surface area contributed by atoms with Gasteiger partial charge < -0.3 is 5.32 Å². The molecule has 0 saturated heterocycles. The number of nitrogens with zero attached hydrogens (tertiary/aromatic N) is 2. The second kappa shape index (κ2) is 5.36. The summed E-state index contributed by atoms with van der Waals surface area (Å²) in [5.41, 5.74) is 5.11. The zero-order valence-corrected chi connectivity index (χ0v) is 11.6. The Hall–Kier alpha value is -1.61. The lowest BCUT2D eigenvalue weighted by Crippen LogP contribution is -2.21. The molecule has 18 heavy (non-hydrogen) atoms. The van der Waals surface area contributed by atoms with Crippen LogP contribution in [-0.2, 0) is 6.54 Å². The van der Waals surface area contributed by atoms with Crippen LogP contribution in [0.15, 0.2) is 30.5 Å². The summed E-state index contributed by atoms with van der Waals surface area (Å²) in [6.07, 6.45) is 1.87. The lowest BCUT2D eigenvalue weighted by Gasteiger charge is -2.19. The fourth-order valence-electron chi connectivity index (χ4n) is 2.51. The third-order valence-electron chi connectivity index (χ3n) is 3.21. The minimum Gasteiger partial charge on any atom is -0.308 e. The second-order valence-electron chi connectivity index (χ2n) is 4.71. The third kappa shape index (κ3) is 2.46. The molecule has 1 atom stereocenters. The van der Waals surface area contributed by atoms with Gasteiger partial charge in [-0.3, -0.25) is 4.68 Å². The average Bonchev–Trinajstić information content (AvgIpc) is 2.77. The second-order valence-corrected chi connectivity index (χ2v) is 4.71. The Morgan fingerprint density at radius 1 is 1.22 bits per heavy atom. The van der Waals surface area contributed by atoms with Gasteiger partial charge in [0.1, 0.15) is 0 Å². The normalized spacial score (nSPS) is 12.7. The maximum Gasteiger partial charge on any atom is 0.0746 e. The van der Waals surface area contributed by atoms with E-state index < -0.39 is 0 Å². The number of hydrogen-bond acceptors (Lipinski definition) is 2. The molecule has 3 heteroatoms. The van der Waals surface area contributed by atoms with Gasteiger partial charge in [0, 0.05) is 12.7 Å². The zero-order valence-electron chi connectivity index (χ0n) is 11.6. The molecule has 0 bridgehead atoms. The van der Waals surface area contributed by atoms with Crippen LogP contribution in [0, 0.1) is 13.8 Å². The van der Waals surface area contributed by atoms with Crippen molar-refractivity contribution in [3.8, 4) is 0 Å². The Labute approximate surface area is 109 Å². The van der Waals surface area contributed by atoms with Crippen LogP contribution in [-0.4, -0.2) is 16.8 Å². The van der Waals surface area contributed by atoms with E-state index in [0.29, 0.717) is 0 Å². The Bertz CT molecular complexity index is 508. The topological polar surface area (TPSA) is 29.9 Å². The fraction of sp³-hybridized carbons (Fsp3) is 0.400. The first-order valence-corrected chi connectivity index (χ1v) is 6.43. The summed E-state index contributed by atoms with van der Waals surface area (Å²) >= 11 is 0. The summed E-state index contributed by atoms with van der Waals surface area (Å²) in [6, 6.07) is 8.96. The van der Waals surface area contributed by atoms with Gasteiger partial charge in [0.25, 0.3) is 0 Å². The molecule has 0 radical (unpaired) electrons. The van der Waals surface area contributed by atoms with Gasteiger partial charge in [-0.15, -0.1) is 0 Å². The average molecular weight is 243 g/mol. The SMILES string of the molecule is CCn1nccc1C(NC)c1cc(C)cc(C)c1. The van der Waals surface area contributed by atoms with Gasteiger partial charge in [0.05, 0.1) is 11.7 Å². The summed E-state index contributed by atoms with van der Waals surface area (Å²) in [7, 11) is 2.00. The molecule has 0 amide bonds. The molecular formula is C15H21N3. The Morgan fingerprint density at radius 2 is 1.89 bits per heavy atom. The van der Waals surface area contributed by atoms with Crippen molar-refractivity contribution in [1.29, 1.82) is 0 Å². The summed E-state index contributed by atoms with van der Waals surface area (Å²) in [5.74, 6) is 0. The maximum absolute atomic E-state index is 4.35. The standard InChI is InChI=1S/C15H21N3/c1-5-18-14(6-7-17-18)15(16-4)13-9-11(2)8-12(3)10-13/h6-10,15-16H,5H2,1-4H3. The molecular weight excluding hydrogens is 222 g/mol. The first-order chi connectivity index (χ1) is 8.65. The number of aryl methyl sites for hydroxylation is 3.